The number of fused-ring (bicyclic) bond motifs is 6. The van der Waals surface area contributed by atoms with Crippen molar-refractivity contribution in [3.63, 3.8) is 0 Å². The first-order valence-corrected chi connectivity index (χ1v) is 21.4. The number of carboxylic acid groups (broad SMARTS) is 1. The van der Waals surface area contributed by atoms with Crippen LogP contribution in [0, 0.1) is 0 Å². The number of nitrogens with one attached hydrogen (secondary N) is 1. The smallest absolute Gasteiger partial charge is 0.415 e. The number of thiophene rings is 1. The Morgan fingerprint density at radius 1 is 0.787 bits per heavy atom. The Morgan fingerprint density at radius 3 is 1.80 bits per heavy atom. The van der Waals surface area contributed by atoms with Gasteiger partial charge in [0.05, 0.1) is 21.1 Å². The summed E-state index contributed by atoms with van der Waals surface area (Å²) in [5.41, 5.74) is 2.62. The third-order valence-electron chi connectivity index (χ3n) is 11.4. The Bertz CT molecular complexity index is 2540. The average molecular weight is 894 g/mol. The van der Waals surface area contributed by atoms with Crippen molar-refractivity contribution in [1.29, 1.82) is 0 Å². The monoisotopic (exact) mass is 892 g/mol. The van der Waals surface area contributed by atoms with E-state index in [-0.39, 0.29) is 58.1 Å². The molecule has 2 unspecified atom stereocenters. The lowest BCUT2D eigenvalue weighted by atomic mass is 9.95. The van der Waals surface area contributed by atoms with E-state index in [0.29, 0.717) is 46.4 Å². The standard InChI is InChI=1S/C43H42Cl2N4O11S/c1-46-13-14-47(2)43(57)59-30-16-28-34(26-10-6-4-8-24(26)30)22(18-45)20-49(28)40(54)32-12-11-31(61-32)39(53)48-19-21(17-44)33-25-9-5-3-7-23(25)29(15-27(33)48)58-42-37(52)35(50)36(51)38(60-42)41(55)56/h3-12,15-16,21-22,35-38,42,46,50-52H,13-14,17-20H2,1-2H3,(H,55,56)/t21-,22-,35?,36+,37+,38?,42-/m1/s1. The van der Waals surface area contributed by atoms with Crippen molar-refractivity contribution < 1.29 is 53.8 Å². The maximum Gasteiger partial charge on any atom is 0.415 e. The molecule has 4 aromatic carbocycles. The van der Waals surface area contributed by atoms with E-state index in [1.807, 2.05) is 30.3 Å². The molecular weight excluding hydrogens is 851 g/mol. The number of halogens is 2. The highest BCUT2D eigenvalue weighted by atomic mass is 35.5. The number of anilines is 2. The van der Waals surface area contributed by atoms with Crippen LogP contribution in [0.25, 0.3) is 21.5 Å². The number of nitrogens with zero attached hydrogens (tertiary/aromatic N) is 3. The van der Waals surface area contributed by atoms with Crippen LogP contribution in [0.2, 0.25) is 0 Å². The number of amides is 3. The highest BCUT2D eigenvalue weighted by molar-refractivity contribution is 7.16. The first-order valence-electron chi connectivity index (χ1n) is 19.5. The number of carbonyl (C=O) groups excluding carboxylic acids is 3. The van der Waals surface area contributed by atoms with Crippen molar-refractivity contribution in [1.82, 2.24) is 10.2 Å². The highest BCUT2D eigenvalue weighted by Crippen LogP contribution is 2.48. The zero-order valence-corrected chi connectivity index (χ0v) is 35.2. The third-order valence-corrected chi connectivity index (χ3v) is 13.2. The number of hydrogen-bond donors (Lipinski definition) is 5. The number of hydrogen-bond acceptors (Lipinski definition) is 12. The van der Waals surface area contributed by atoms with E-state index in [9.17, 15) is 39.6 Å². The van der Waals surface area contributed by atoms with E-state index in [0.717, 1.165) is 27.8 Å². The van der Waals surface area contributed by atoms with Crippen molar-refractivity contribution >= 4 is 91.3 Å². The maximum absolute atomic E-state index is 14.5. The summed E-state index contributed by atoms with van der Waals surface area (Å²) in [6.45, 7) is 1.44. The van der Waals surface area contributed by atoms with Crippen LogP contribution in [0.5, 0.6) is 11.5 Å². The summed E-state index contributed by atoms with van der Waals surface area (Å²) in [4.78, 5) is 59.0. The van der Waals surface area contributed by atoms with Crippen LogP contribution in [0.1, 0.15) is 42.3 Å². The average Bonchev–Trinajstić information content (AvgIpc) is 4.01. The number of likely N-dealkylation sites (N-methyl/N-ethyl adjacent to an activating group) is 2. The summed E-state index contributed by atoms with van der Waals surface area (Å²) in [6, 6.07) is 21.1. The second kappa shape index (κ2) is 17.4. The van der Waals surface area contributed by atoms with Gasteiger partial charge >= 0.3 is 12.1 Å². The van der Waals surface area contributed by atoms with Gasteiger partial charge in [0.1, 0.15) is 29.8 Å². The predicted octanol–water partition coefficient (Wildman–Crippen LogP) is 4.94. The lowest BCUT2D eigenvalue weighted by molar-refractivity contribution is -0.270. The normalized spacial score (nSPS) is 23.2. The van der Waals surface area contributed by atoms with Crippen LogP contribution in [-0.2, 0) is 9.53 Å². The van der Waals surface area contributed by atoms with E-state index < -0.39 is 48.7 Å². The second-order valence-corrected chi connectivity index (χ2v) is 16.9. The molecule has 1 aromatic heterocycles. The number of carbonyl (C=O) groups is 4. The number of rotatable bonds is 11. The number of carboxylic acids is 1. The quantitative estimate of drug-likeness (QED) is 0.112. The van der Waals surface area contributed by atoms with E-state index in [1.165, 1.54) is 9.80 Å². The van der Waals surface area contributed by atoms with Gasteiger partial charge in [0, 0.05) is 79.7 Å². The molecule has 0 spiro atoms. The Labute approximate surface area is 363 Å². The van der Waals surface area contributed by atoms with Gasteiger partial charge < -0.3 is 54.7 Å². The molecule has 4 heterocycles. The number of benzene rings is 4. The molecular formula is C43H42Cl2N4O11S. The SMILES string of the molecule is CNCCN(C)C(=O)Oc1cc2c(c3ccccc13)[C@H](CCl)CN2C(=O)c1ccc(C(=O)N2C[C@@H](CCl)c3c2cc(O[C@@H]2OC(C(=O)O)[C@@H](O)C(O)[C@@H]2O)c2ccccc32)s1. The number of aliphatic carboxylic acids is 1. The Kier molecular flexibility index (Phi) is 12.1. The number of aliphatic hydroxyl groups is 3. The zero-order valence-electron chi connectivity index (χ0n) is 32.9. The minimum absolute atomic E-state index is 0.116. The summed E-state index contributed by atoms with van der Waals surface area (Å²) in [5.74, 6) is -2.06. The predicted molar refractivity (Wildman–Crippen MR) is 230 cm³/mol. The summed E-state index contributed by atoms with van der Waals surface area (Å²) in [7, 11) is 3.43. The lowest BCUT2D eigenvalue weighted by Crippen LogP contribution is -2.61. The Hall–Kier alpha value is -5.04. The maximum atomic E-state index is 14.5. The fourth-order valence-electron chi connectivity index (χ4n) is 8.30. The van der Waals surface area contributed by atoms with Crippen molar-refractivity contribution in [2.75, 3.05) is 61.8 Å². The largest absolute Gasteiger partial charge is 0.479 e. The van der Waals surface area contributed by atoms with Crippen molar-refractivity contribution in [3.8, 4) is 11.5 Å². The molecule has 18 heteroatoms. The van der Waals surface area contributed by atoms with Crippen LogP contribution < -0.4 is 24.6 Å². The highest BCUT2D eigenvalue weighted by Gasteiger charge is 2.48. The van der Waals surface area contributed by atoms with E-state index in [1.54, 1.807) is 61.5 Å². The van der Waals surface area contributed by atoms with Crippen molar-refractivity contribution in [2.24, 2.45) is 0 Å². The van der Waals surface area contributed by atoms with Gasteiger partial charge in [0.25, 0.3) is 11.8 Å². The molecule has 15 nitrogen and oxygen atoms in total. The number of alkyl halides is 2. The lowest BCUT2D eigenvalue weighted by Gasteiger charge is -2.38. The van der Waals surface area contributed by atoms with Crippen LogP contribution in [0.4, 0.5) is 16.2 Å². The molecule has 3 amide bonds. The third kappa shape index (κ3) is 7.65. The minimum Gasteiger partial charge on any atom is -0.479 e. The molecule has 3 aliphatic heterocycles. The molecule has 7 atom stereocenters. The summed E-state index contributed by atoms with van der Waals surface area (Å²) in [5, 5.41) is 46.8. The van der Waals surface area contributed by atoms with Gasteiger partial charge in [-0.1, -0.05) is 48.5 Å². The molecule has 61 heavy (non-hydrogen) atoms. The summed E-state index contributed by atoms with van der Waals surface area (Å²) < 4.78 is 17.4. The molecule has 1 fully saturated rings. The van der Waals surface area contributed by atoms with Crippen LogP contribution >= 0.6 is 34.5 Å². The fourth-order valence-corrected chi connectivity index (χ4v) is 9.70. The topological polar surface area (TPSA) is 199 Å². The minimum atomic E-state index is -1.91. The number of ether oxygens (including phenoxy) is 3. The zero-order chi connectivity index (χ0) is 43.3. The first kappa shape index (κ1) is 42.6. The van der Waals surface area contributed by atoms with Gasteiger partial charge in [-0.25, -0.2) is 9.59 Å². The Morgan fingerprint density at radius 2 is 1.30 bits per heavy atom. The molecule has 0 bridgehead atoms. The fraction of sp³-hybridized carbons (Fsp3) is 0.349. The molecule has 0 saturated carbocycles. The molecule has 0 radical (unpaired) electrons. The van der Waals surface area contributed by atoms with Crippen molar-refractivity contribution in [2.45, 2.75) is 42.5 Å². The van der Waals surface area contributed by atoms with E-state index in [2.05, 4.69) is 5.32 Å². The molecule has 5 aromatic rings. The van der Waals surface area contributed by atoms with Gasteiger partial charge in [0.15, 0.2) is 6.10 Å². The van der Waals surface area contributed by atoms with Gasteiger partial charge in [-0.05, 0) is 41.1 Å². The van der Waals surface area contributed by atoms with Gasteiger partial charge in [-0.2, -0.15) is 0 Å². The van der Waals surface area contributed by atoms with Gasteiger partial charge in [-0.3, -0.25) is 9.59 Å². The Balaban J connectivity index is 1.11. The molecule has 320 valence electrons. The summed E-state index contributed by atoms with van der Waals surface area (Å²) in [6.07, 6.45) is -9.74. The molecule has 5 N–H and O–H groups in total. The first-order chi connectivity index (χ1) is 29.4. The van der Waals surface area contributed by atoms with E-state index >= 15 is 0 Å². The van der Waals surface area contributed by atoms with Crippen LogP contribution in [0.3, 0.4) is 0 Å². The molecule has 8 rings (SSSR count). The van der Waals surface area contributed by atoms with Crippen LogP contribution in [0.15, 0.2) is 72.8 Å². The van der Waals surface area contributed by atoms with Gasteiger partial charge in [0.2, 0.25) is 6.29 Å². The van der Waals surface area contributed by atoms with Crippen molar-refractivity contribution in [3.05, 3.63) is 93.7 Å². The van der Waals surface area contributed by atoms with Gasteiger partial charge in [-0.15, -0.1) is 34.5 Å². The van der Waals surface area contributed by atoms with E-state index in [4.69, 9.17) is 37.4 Å². The summed E-state index contributed by atoms with van der Waals surface area (Å²) >= 11 is 14.1. The molecule has 1 saturated heterocycles. The second-order valence-electron chi connectivity index (χ2n) is 15.2. The molecule has 0 aliphatic carbocycles. The molecule has 3 aliphatic rings. The van der Waals surface area contributed by atoms with Crippen LogP contribution in [-0.4, -0.2) is 132 Å². The number of aliphatic hydroxyl groups excluding tert-OH is 3.